The molecule has 0 bridgehead atoms. The van der Waals surface area contributed by atoms with E-state index in [1.807, 2.05) is 38.1 Å². The summed E-state index contributed by atoms with van der Waals surface area (Å²) in [5, 5.41) is 14.1. The number of anilines is 3. The van der Waals surface area contributed by atoms with Crippen LogP contribution < -0.4 is 15.4 Å². The lowest BCUT2D eigenvalue weighted by Gasteiger charge is -2.10. The zero-order chi connectivity index (χ0) is 13.7. The molecule has 0 aliphatic rings. The van der Waals surface area contributed by atoms with Crippen LogP contribution >= 0.6 is 0 Å². The van der Waals surface area contributed by atoms with Crippen molar-refractivity contribution in [3.8, 4) is 5.75 Å². The van der Waals surface area contributed by atoms with Crippen LogP contribution in [0.15, 0.2) is 30.5 Å². The summed E-state index contributed by atoms with van der Waals surface area (Å²) in [5.41, 5.74) is 0.885. The Morgan fingerprint density at radius 2 is 2.11 bits per heavy atom. The summed E-state index contributed by atoms with van der Waals surface area (Å²) in [5.74, 6) is 1.92. The average Bonchev–Trinajstić information content (AvgIpc) is 2.38. The molecule has 1 aromatic heterocycles. The van der Waals surface area contributed by atoms with Crippen LogP contribution in [0.3, 0.4) is 0 Å². The van der Waals surface area contributed by atoms with Crippen molar-refractivity contribution in [3.05, 3.63) is 30.5 Å². The first kappa shape index (κ1) is 13.1. The molecule has 2 N–H and O–H groups in total. The SMILES string of the molecule is COc1cccc(Nc2cnnc(NC(C)C)n2)c1. The minimum Gasteiger partial charge on any atom is -0.497 e. The van der Waals surface area contributed by atoms with Crippen molar-refractivity contribution in [2.45, 2.75) is 19.9 Å². The van der Waals surface area contributed by atoms with Crippen LogP contribution in [0.2, 0.25) is 0 Å². The third-order valence-electron chi connectivity index (χ3n) is 2.32. The number of benzene rings is 1. The van der Waals surface area contributed by atoms with Gasteiger partial charge in [-0.15, -0.1) is 5.10 Å². The molecule has 0 atom stereocenters. The van der Waals surface area contributed by atoms with Gasteiger partial charge in [0.2, 0.25) is 5.95 Å². The van der Waals surface area contributed by atoms with Gasteiger partial charge >= 0.3 is 0 Å². The summed E-state index contributed by atoms with van der Waals surface area (Å²) in [7, 11) is 1.63. The van der Waals surface area contributed by atoms with Crippen molar-refractivity contribution < 1.29 is 4.74 Å². The minimum absolute atomic E-state index is 0.258. The van der Waals surface area contributed by atoms with Crippen LogP contribution in [0.4, 0.5) is 17.5 Å². The summed E-state index contributed by atoms with van der Waals surface area (Å²) in [6.07, 6.45) is 1.57. The van der Waals surface area contributed by atoms with E-state index < -0.39 is 0 Å². The molecule has 0 saturated carbocycles. The predicted octanol–water partition coefficient (Wildman–Crippen LogP) is 2.44. The lowest BCUT2D eigenvalue weighted by atomic mass is 10.3. The van der Waals surface area contributed by atoms with Crippen LogP contribution in [0.25, 0.3) is 0 Å². The maximum Gasteiger partial charge on any atom is 0.244 e. The van der Waals surface area contributed by atoms with E-state index in [0.29, 0.717) is 11.8 Å². The van der Waals surface area contributed by atoms with Gasteiger partial charge in [-0.3, -0.25) is 0 Å². The van der Waals surface area contributed by atoms with Gasteiger partial charge < -0.3 is 15.4 Å². The summed E-state index contributed by atoms with van der Waals surface area (Å²) < 4.78 is 5.17. The van der Waals surface area contributed by atoms with Gasteiger partial charge in [-0.1, -0.05) is 6.07 Å². The third-order valence-corrected chi connectivity index (χ3v) is 2.32. The fraction of sp³-hybridized carbons (Fsp3) is 0.308. The smallest absolute Gasteiger partial charge is 0.244 e. The van der Waals surface area contributed by atoms with Crippen LogP contribution in [0, 0.1) is 0 Å². The Balaban J connectivity index is 2.13. The number of nitrogens with one attached hydrogen (secondary N) is 2. The first-order valence-electron chi connectivity index (χ1n) is 6.04. The first-order chi connectivity index (χ1) is 9.17. The van der Waals surface area contributed by atoms with Crippen molar-refractivity contribution >= 4 is 17.5 Å². The van der Waals surface area contributed by atoms with Crippen molar-refractivity contribution in [3.63, 3.8) is 0 Å². The molecule has 2 aromatic rings. The molecule has 0 amide bonds. The van der Waals surface area contributed by atoms with Gasteiger partial charge in [0.05, 0.1) is 13.3 Å². The lowest BCUT2D eigenvalue weighted by Crippen LogP contribution is -2.13. The van der Waals surface area contributed by atoms with E-state index in [2.05, 4.69) is 25.8 Å². The van der Waals surface area contributed by atoms with Crippen molar-refractivity contribution in [2.75, 3.05) is 17.7 Å². The van der Waals surface area contributed by atoms with Crippen LogP contribution in [-0.4, -0.2) is 28.3 Å². The van der Waals surface area contributed by atoms with E-state index in [-0.39, 0.29) is 6.04 Å². The maximum absolute atomic E-state index is 5.17. The Morgan fingerprint density at radius 3 is 2.84 bits per heavy atom. The molecule has 0 fully saturated rings. The van der Waals surface area contributed by atoms with Gasteiger partial charge in [-0.2, -0.15) is 10.1 Å². The number of rotatable bonds is 5. The van der Waals surface area contributed by atoms with Gasteiger partial charge in [0.25, 0.3) is 0 Å². The van der Waals surface area contributed by atoms with E-state index in [0.717, 1.165) is 11.4 Å². The molecule has 0 aliphatic heterocycles. The van der Waals surface area contributed by atoms with E-state index >= 15 is 0 Å². The fourth-order valence-electron chi connectivity index (χ4n) is 1.53. The molecule has 0 saturated heterocycles. The molecule has 6 heteroatoms. The second-order valence-corrected chi connectivity index (χ2v) is 4.32. The average molecular weight is 259 g/mol. The van der Waals surface area contributed by atoms with Gasteiger partial charge in [0.15, 0.2) is 5.82 Å². The number of aromatic nitrogens is 3. The zero-order valence-electron chi connectivity index (χ0n) is 11.2. The molecule has 1 heterocycles. The second kappa shape index (κ2) is 5.99. The van der Waals surface area contributed by atoms with E-state index in [4.69, 9.17) is 4.74 Å². The van der Waals surface area contributed by atoms with E-state index in [1.165, 1.54) is 0 Å². The summed E-state index contributed by atoms with van der Waals surface area (Å²) >= 11 is 0. The summed E-state index contributed by atoms with van der Waals surface area (Å²) in [6.45, 7) is 4.04. The molecule has 0 unspecified atom stereocenters. The Morgan fingerprint density at radius 1 is 1.26 bits per heavy atom. The molecular weight excluding hydrogens is 242 g/mol. The third kappa shape index (κ3) is 3.80. The Kier molecular flexibility index (Phi) is 4.12. The van der Waals surface area contributed by atoms with Crippen LogP contribution in [0.5, 0.6) is 5.75 Å². The van der Waals surface area contributed by atoms with Crippen molar-refractivity contribution in [2.24, 2.45) is 0 Å². The molecule has 6 nitrogen and oxygen atoms in total. The highest BCUT2D eigenvalue weighted by Crippen LogP contribution is 2.20. The first-order valence-corrected chi connectivity index (χ1v) is 6.04. The number of ether oxygens (including phenoxy) is 1. The van der Waals surface area contributed by atoms with Crippen molar-refractivity contribution in [1.82, 2.24) is 15.2 Å². The quantitative estimate of drug-likeness (QED) is 0.859. The van der Waals surface area contributed by atoms with E-state index in [1.54, 1.807) is 13.3 Å². The molecule has 0 aliphatic carbocycles. The summed E-state index contributed by atoms with van der Waals surface area (Å²) in [6, 6.07) is 7.87. The van der Waals surface area contributed by atoms with Gasteiger partial charge in [0.1, 0.15) is 5.75 Å². The fourth-order valence-corrected chi connectivity index (χ4v) is 1.53. The number of hydrogen-bond donors (Lipinski definition) is 2. The zero-order valence-corrected chi connectivity index (χ0v) is 11.2. The standard InChI is InChI=1S/C13H17N5O/c1-9(2)15-13-17-12(8-14-18-13)16-10-5-4-6-11(7-10)19-3/h4-9H,1-3H3,(H2,15,16,17,18). The topological polar surface area (TPSA) is 72.0 Å². The highest BCUT2D eigenvalue weighted by atomic mass is 16.5. The number of nitrogens with zero attached hydrogens (tertiary/aromatic N) is 3. The molecule has 1 aromatic carbocycles. The summed E-state index contributed by atoms with van der Waals surface area (Å²) in [4.78, 5) is 4.33. The van der Waals surface area contributed by atoms with E-state index in [9.17, 15) is 0 Å². The highest BCUT2D eigenvalue weighted by Gasteiger charge is 2.03. The second-order valence-electron chi connectivity index (χ2n) is 4.32. The largest absolute Gasteiger partial charge is 0.497 e. The van der Waals surface area contributed by atoms with Gasteiger partial charge in [-0.05, 0) is 26.0 Å². The van der Waals surface area contributed by atoms with Gasteiger partial charge in [0, 0.05) is 17.8 Å². The number of methoxy groups -OCH3 is 1. The molecule has 100 valence electrons. The Bertz CT molecular complexity index is 544. The molecule has 0 radical (unpaired) electrons. The Labute approximate surface area is 112 Å². The monoisotopic (exact) mass is 259 g/mol. The lowest BCUT2D eigenvalue weighted by molar-refractivity contribution is 0.415. The minimum atomic E-state index is 0.258. The maximum atomic E-state index is 5.17. The van der Waals surface area contributed by atoms with Crippen LogP contribution in [-0.2, 0) is 0 Å². The van der Waals surface area contributed by atoms with Crippen molar-refractivity contribution in [1.29, 1.82) is 0 Å². The number of hydrogen-bond acceptors (Lipinski definition) is 6. The normalized spacial score (nSPS) is 10.3. The van der Waals surface area contributed by atoms with Crippen LogP contribution in [0.1, 0.15) is 13.8 Å². The molecule has 19 heavy (non-hydrogen) atoms. The molecule has 0 spiro atoms. The molecule has 2 rings (SSSR count). The van der Waals surface area contributed by atoms with Gasteiger partial charge in [-0.25, -0.2) is 0 Å². The molecular formula is C13H17N5O. The highest BCUT2D eigenvalue weighted by molar-refractivity contribution is 5.58. The predicted molar refractivity (Wildman–Crippen MR) is 74.9 cm³/mol. The Hall–Kier alpha value is -2.37.